The molecule has 4 unspecified atom stereocenters. The van der Waals surface area contributed by atoms with Crippen molar-refractivity contribution in [2.75, 3.05) is 6.61 Å². The first kappa shape index (κ1) is 40.0. The molecule has 11 nitrogen and oxygen atoms in total. The summed E-state index contributed by atoms with van der Waals surface area (Å²) in [5.41, 5.74) is 11.8. The molecule has 0 radical (unpaired) electrons. The summed E-state index contributed by atoms with van der Waals surface area (Å²) >= 11 is 0. The fourth-order valence-corrected chi connectivity index (χ4v) is 8.97. The van der Waals surface area contributed by atoms with E-state index in [1.54, 1.807) is 0 Å². The van der Waals surface area contributed by atoms with E-state index in [1.165, 1.54) is 6.92 Å². The smallest absolute Gasteiger partial charge is 0.303 e. The third kappa shape index (κ3) is 9.74. The molecule has 0 saturated carbocycles. The molecule has 12 heteroatoms. The Hall–Kier alpha value is -2.80. The molecule has 2 saturated heterocycles. The molecule has 2 heterocycles. The van der Waals surface area contributed by atoms with E-state index in [-0.39, 0.29) is 23.0 Å². The van der Waals surface area contributed by atoms with Crippen LogP contribution in [-0.4, -0.2) is 70.0 Å². The van der Waals surface area contributed by atoms with Crippen LogP contribution >= 0.6 is 0 Å². The molecule has 0 aromatic heterocycles. The standard InChI is InChI=1S/C38H57N3O8Si/c1-24(2)38(7,8)50(9,10)49-36-32(40-41-39)35(46-28(6)42)34(27(5)45-36)48-37-33(44-22-30-19-15-12-16-20-30)26(4)25(3)31(47-37)23-43-21-29-17-13-11-14-18-29/h11-20,24-27,31-37H,21-23H2,1-10H3/t25-,26-,27?,31?,32?,33?,34+,35+,36-,37-/m0/s1. The van der Waals surface area contributed by atoms with E-state index in [4.69, 9.17) is 32.8 Å². The van der Waals surface area contributed by atoms with E-state index in [1.807, 2.05) is 67.6 Å². The second-order valence-corrected chi connectivity index (χ2v) is 19.7. The maximum Gasteiger partial charge on any atom is 0.303 e. The van der Waals surface area contributed by atoms with Crippen molar-refractivity contribution in [2.24, 2.45) is 22.9 Å². The van der Waals surface area contributed by atoms with Gasteiger partial charge in [-0.2, -0.15) is 0 Å². The van der Waals surface area contributed by atoms with Crippen LogP contribution in [-0.2, 0) is 50.9 Å². The molecule has 0 aliphatic carbocycles. The van der Waals surface area contributed by atoms with Crippen LogP contribution in [0.1, 0.15) is 66.5 Å². The number of nitrogens with zero attached hydrogens (tertiary/aromatic N) is 3. The monoisotopic (exact) mass is 711 g/mol. The highest BCUT2D eigenvalue weighted by molar-refractivity contribution is 6.74. The molecule has 2 aliphatic heterocycles. The minimum Gasteiger partial charge on any atom is -0.459 e. The van der Waals surface area contributed by atoms with Gasteiger partial charge in [0.25, 0.3) is 0 Å². The van der Waals surface area contributed by atoms with Gasteiger partial charge in [0, 0.05) is 11.8 Å². The zero-order valence-corrected chi connectivity index (χ0v) is 32.4. The summed E-state index contributed by atoms with van der Waals surface area (Å²) < 4.78 is 45.4. The van der Waals surface area contributed by atoms with Gasteiger partial charge in [0.1, 0.15) is 24.4 Å². The lowest BCUT2D eigenvalue weighted by molar-refractivity contribution is -0.335. The highest BCUT2D eigenvalue weighted by Crippen LogP contribution is 2.46. The molecule has 0 bridgehead atoms. The molecule has 0 spiro atoms. The molecule has 0 N–H and O–H groups in total. The lowest BCUT2D eigenvalue weighted by Gasteiger charge is -2.51. The van der Waals surface area contributed by atoms with Crippen molar-refractivity contribution in [3.05, 3.63) is 82.2 Å². The number of azide groups is 1. The SMILES string of the molecule is CC(=O)O[C@@H]1C(N=[N+]=[N-])[C@H](O[Si](C)(C)C(C)(C)C(C)C)OC(C)[C@H]1O[C@@H]1OC(COCc2ccccc2)[C@@H](C)[C@H](C)C1OCc1ccccc1. The third-order valence-electron chi connectivity index (χ3n) is 11.1. The van der Waals surface area contributed by atoms with E-state index in [9.17, 15) is 10.3 Å². The van der Waals surface area contributed by atoms with Gasteiger partial charge in [0.05, 0.1) is 32.0 Å². The average molecular weight is 712 g/mol. The van der Waals surface area contributed by atoms with E-state index in [0.717, 1.165) is 11.1 Å². The Morgan fingerprint density at radius 3 is 2.06 bits per heavy atom. The van der Waals surface area contributed by atoms with Gasteiger partial charge in [0.15, 0.2) is 20.9 Å². The molecule has 50 heavy (non-hydrogen) atoms. The molecule has 4 rings (SSSR count). The summed E-state index contributed by atoms with van der Waals surface area (Å²) in [4.78, 5) is 15.7. The Bertz CT molecular complexity index is 1410. The first-order valence-electron chi connectivity index (χ1n) is 17.8. The number of rotatable bonds is 15. The number of hydrogen-bond acceptors (Lipinski definition) is 9. The van der Waals surface area contributed by atoms with Crippen LogP contribution in [0.5, 0.6) is 0 Å². The zero-order valence-electron chi connectivity index (χ0n) is 31.4. The van der Waals surface area contributed by atoms with E-state index < -0.39 is 57.3 Å². The van der Waals surface area contributed by atoms with Crippen LogP contribution in [0.25, 0.3) is 10.4 Å². The second-order valence-electron chi connectivity index (χ2n) is 15.1. The topological polar surface area (TPSA) is 130 Å². The third-order valence-corrected chi connectivity index (χ3v) is 15.6. The summed E-state index contributed by atoms with van der Waals surface area (Å²) in [6.07, 6.45) is -5.11. The predicted octanol–water partition coefficient (Wildman–Crippen LogP) is 8.18. The van der Waals surface area contributed by atoms with Crippen LogP contribution in [0.2, 0.25) is 18.1 Å². The maximum atomic E-state index is 12.6. The Labute approximate surface area is 299 Å². The van der Waals surface area contributed by atoms with Gasteiger partial charge in [0.2, 0.25) is 0 Å². The van der Waals surface area contributed by atoms with Crippen LogP contribution in [0, 0.1) is 17.8 Å². The zero-order chi connectivity index (χ0) is 36.6. The Balaban J connectivity index is 1.62. The minimum atomic E-state index is -2.48. The number of hydrogen-bond donors (Lipinski definition) is 0. The highest BCUT2D eigenvalue weighted by atomic mass is 28.4. The predicted molar refractivity (Wildman–Crippen MR) is 193 cm³/mol. The van der Waals surface area contributed by atoms with Gasteiger partial charge in [-0.3, -0.25) is 4.79 Å². The molecule has 2 aromatic carbocycles. The van der Waals surface area contributed by atoms with Gasteiger partial charge in [-0.05, 0) is 59.5 Å². The quantitative estimate of drug-likeness (QED) is 0.0595. The van der Waals surface area contributed by atoms with E-state index in [0.29, 0.717) is 25.7 Å². The fourth-order valence-electron chi connectivity index (χ4n) is 6.50. The summed E-state index contributed by atoms with van der Waals surface area (Å²) in [6.45, 7) is 21.6. The molecular weight excluding hydrogens is 655 g/mol. The molecule has 0 amide bonds. The van der Waals surface area contributed by atoms with Crippen molar-refractivity contribution in [1.29, 1.82) is 0 Å². The lowest BCUT2D eigenvalue weighted by atomic mass is 9.83. The summed E-state index contributed by atoms with van der Waals surface area (Å²) in [5.74, 6) is -0.136. The summed E-state index contributed by atoms with van der Waals surface area (Å²) in [7, 11) is -2.48. The molecule has 276 valence electrons. The van der Waals surface area contributed by atoms with Crippen molar-refractivity contribution in [2.45, 2.75) is 136 Å². The molecule has 2 aliphatic rings. The number of benzene rings is 2. The molecule has 2 fully saturated rings. The first-order valence-corrected chi connectivity index (χ1v) is 20.7. The van der Waals surface area contributed by atoms with Gasteiger partial charge in [-0.25, -0.2) is 0 Å². The number of carbonyl (C=O) groups excluding carboxylic acids is 1. The number of carbonyl (C=O) groups is 1. The normalized spacial score (nSPS) is 30.5. The summed E-state index contributed by atoms with van der Waals surface area (Å²) in [6, 6.07) is 18.9. The van der Waals surface area contributed by atoms with Crippen molar-refractivity contribution in [1.82, 2.24) is 0 Å². The van der Waals surface area contributed by atoms with Crippen LogP contribution in [0.3, 0.4) is 0 Å². The summed E-state index contributed by atoms with van der Waals surface area (Å²) in [5, 5.41) is 3.95. The highest BCUT2D eigenvalue weighted by Gasteiger charge is 2.54. The number of ether oxygens (including phenoxy) is 6. The van der Waals surface area contributed by atoms with Crippen molar-refractivity contribution >= 4 is 14.3 Å². The van der Waals surface area contributed by atoms with Crippen LogP contribution in [0.15, 0.2) is 65.8 Å². The minimum absolute atomic E-state index is 0.00356. The van der Waals surface area contributed by atoms with Crippen LogP contribution < -0.4 is 0 Å². The van der Waals surface area contributed by atoms with E-state index >= 15 is 0 Å². The Morgan fingerprint density at radius 2 is 1.50 bits per heavy atom. The average Bonchev–Trinajstić information content (AvgIpc) is 3.06. The van der Waals surface area contributed by atoms with Crippen molar-refractivity contribution in [3.63, 3.8) is 0 Å². The van der Waals surface area contributed by atoms with Crippen molar-refractivity contribution in [3.8, 4) is 0 Å². The van der Waals surface area contributed by atoms with Crippen LogP contribution in [0.4, 0.5) is 0 Å². The van der Waals surface area contributed by atoms with Gasteiger partial charge < -0.3 is 32.8 Å². The van der Waals surface area contributed by atoms with Gasteiger partial charge in [-0.15, -0.1) is 0 Å². The molecule has 10 atom stereocenters. The Kier molecular flexibility index (Phi) is 14.1. The molecular formula is C38H57N3O8Si. The fraction of sp³-hybridized carbons (Fsp3) is 0.658. The Morgan fingerprint density at radius 1 is 0.900 bits per heavy atom. The number of esters is 1. The largest absolute Gasteiger partial charge is 0.459 e. The van der Waals surface area contributed by atoms with Crippen molar-refractivity contribution < 1.29 is 37.6 Å². The van der Waals surface area contributed by atoms with Gasteiger partial charge in [-0.1, -0.05) is 107 Å². The van der Waals surface area contributed by atoms with Gasteiger partial charge >= 0.3 is 5.97 Å². The first-order chi connectivity index (χ1) is 23.7. The second kappa shape index (κ2) is 17.6. The maximum absolute atomic E-state index is 12.6. The lowest BCUT2D eigenvalue weighted by Crippen LogP contribution is -2.64. The molecule has 2 aromatic rings. The van der Waals surface area contributed by atoms with E-state index in [2.05, 4.69) is 64.7 Å².